The molecule has 4 N–H and O–H groups in total. The smallest absolute Gasteiger partial charge is 0.465 e. The van der Waals surface area contributed by atoms with Crippen molar-refractivity contribution in [3.05, 3.63) is 23.3 Å². The molecular formula is C16H22BNO8S. The lowest BCUT2D eigenvalue weighted by atomic mass is 9.81. The lowest BCUT2D eigenvalue weighted by Gasteiger charge is -2.38. The first kappa shape index (κ1) is 21.4. The molecule has 27 heavy (non-hydrogen) atoms. The molecule has 0 aromatic heterocycles. The number of carbonyl (C=O) groups excluding carboxylic acids is 1. The monoisotopic (exact) mass is 399 g/mol. The fourth-order valence-electron chi connectivity index (χ4n) is 2.68. The topological polar surface area (TPSA) is 137 Å². The Hall–Kier alpha value is -1.95. The summed E-state index contributed by atoms with van der Waals surface area (Å²) in [5, 5.41) is 37.9. The van der Waals surface area contributed by atoms with Crippen LogP contribution in [-0.2, 0) is 16.0 Å². The maximum Gasteiger partial charge on any atom is 0.465 e. The Morgan fingerprint density at radius 3 is 2.52 bits per heavy atom. The highest BCUT2D eigenvalue weighted by atomic mass is 32.2. The highest BCUT2D eigenvalue weighted by molar-refractivity contribution is 8.01. The Morgan fingerprint density at radius 2 is 2.00 bits per heavy atom. The minimum absolute atomic E-state index is 0.00171. The third-order valence-corrected chi connectivity index (χ3v) is 5.62. The van der Waals surface area contributed by atoms with Gasteiger partial charge in [0.2, 0.25) is 5.91 Å². The first-order valence-corrected chi connectivity index (χ1v) is 9.23. The fourth-order valence-corrected chi connectivity index (χ4v) is 3.69. The number of aromatic carboxylic acids is 1. The van der Waals surface area contributed by atoms with Crippen LogP contribution in [0.4, 0.5) is 0 Å². The summed E-state index contributed by atoms with van der Waals surface area (Å²) in [5.41, 5.74) is -0.178. The van der Waals surface area contributed by atoms with E-state index in [0.29, 0.717) is 13.1 Å². The number of carbonyl (C=O) groups is 2. The third-order valence-electron chi connectivity index (χ3n) is 4.37. The lowest BCUT2D eigenvalue weighted by Crippen LogP contribution is -2.55. The highest BCUT2D eigenvalue weighted by Gasteiger charge is 2.33. The minimum atomic E-state index is -1.75. The molecule has 0 unspecified atom stereocenters. The van der Waals surface area contributed by atoms with E-state index in [0.717, 1.165) is 11.8 Å². The molecule has 1 aliphatic heterocycles. The van der Waals surface area contributed by atoms with Crippen molar-refractivity contribution in [1.29, 1.82) is 0 Å². The van der Waals surface area contributed by atoms with E-state index < -0.39 is 29.5 Å². The number of carboxylic acids is 1. The number of thioether (sulfide) groups is 1. The van der Waals surface area contributed by atoms with Gasteiger partial charge in [0.25, 0.3) is 0 Å². The average molecular weight is 399 g/mol. The number of phenols is 1. The summed E-state index contributed by atoms with van der Waals surface area (Å²) in [4.78, 5) is 25.1. The number of hydrogen-bond acceptors (Lipinski definition) is 8. The molecule has 1 amide bonds. The Balaban J connectivity index is 2.05. The second-order valence-electron chi connectivity index (χ2n) is 6.08. The van der Waals surface area contributed by atoms with Crippen molar-refractivity contribution < 1.29 is 39.3 Å². The molecule has 9 nitrogen and oxygen atoms in total. The van der Waals surface area contributed by atoms with Crippen molar-refractivity contribution in [2.24, 2.45) is 0 Å². The summed E-state index contributed by atoms with van der Waals surface area (Å²) < 4.78 is 10.0. The molecule has 1 aromatic carbocycles. The van der Waals surface area contributed by atoms with Crippen LogP contribution in [0.3, 0.4) is 0 Å². The molecule has 1 aromatic rings. The fraction of sp³-hybridized carbons (Fsp3) is 0.500. The van der Waals surface area contributed by atoms with Crippen LogP contribution in [0.1, 0.15) is 15.9 Å². The van der Waals surface area contributed by atoms with Crippen molar-refractivity contribution in [2.75, 3.05) is 33.1 Å². The molecule has 2 rings (SSSR count). The van der Waals surface area contributed by atoms with E-state index in [1.807, 2.05) is 0 Å². The molecule has 0 saturated carbocycles. The molecule has 148 valence electrons. The van der Waals surface area contributed by atoms with Crippen molar-refractivity contribution in [3.8, 4) is 11.5 Å². The van der Waals surface area contributed by atoms with Gasteiger partial charge in [-0.05, 0) is 18.1 Å². The SMILES string of the molecule is COc1ccc(C[C@H](SCC(=O)N2CC(OC)C2)B(O)O)c(O)c1C(=O)O. The maximum atomic E-state index is 12.1. The van der Waals surface area contributed by atoms with Gasteiger partial charge in [0, 0.05) is 25.3 Å². The van der Waals surface area contributed by atoms with Crippen LogP contribution in [-0.4, -0.2) is 88.5 Å². The van der Waals surface area contributed by atoms with Crippen molar-refractivity contribution in [2.45, 2.75) is 17.7 Å². The first-order chi connectivity index (χ1) is 12.8. The van der Waals surface area contributed by atoms with Crippen molar-refractivity contribution in [3.63, 3.8) is 0 Å². The molecule has 1 fully saturated rings. The van der Waals surface area contributed by atoms with Crippen LogP contribution in [0.2, 0.25) is 0 Å². The van der Waals surface area contributed by atoms with Crippen LogP contribution < -0.4 is 4.74 Å². The van der Waals surface area contributed by atoms with E-state index in [-0.39, 0.29) is 35.5 Å². The summed E-state index contributed by atoms with van der Waals surface area (Å²) in [5.74, 6) is -1.98. The number of nitrogens with zero attached hydrogens (tertiary/aromatic N) is 1. The van der Waals surface area contributed by atoms with Crippen LogP contribution in [0.25, 0.3) is 0 Å². The number of carboxylic acid groups (broad SMARTS) is 1. The van der Waals surface area contributed by atoms with E-state index in [1.54, 1.807) is 12.0 Å². The Kier molecular flexibility index (Phi) is 7.37. The average Bonchev–Trinajstić information content (AvgIpc) is 2.57. The molecule has 0 spiro atoms. The molecular weight excluding hydrogens is 377 g/mol. The molecule has 1 aliphatic rings. The van der Waals surface area contributed by atoms with Crippen LogP contribution in [0.15, 0.2) is 12.1 Å². The van der Waals surface area contributed by atoms with Gasteiger partial charge in [0.05, 0.1) is 19.0 Å². The van der Waals surface area contributed by atoms with Gasteiger partial charge in [-0.1, -0.05) is 6.07 Å². The van der Waals surface area contributed by atoms with Crippen molar-refractivity contribution in [1.82, 2.24) is 4.90 Å². The first-order valence-electron chi connectivity index (χ1n) is 8.18. The molecule has 11 heteroatoms. The Bertz CT molecular complexity index is 695. The largest absolute Gasteiger partial charge is 0.507 e. The summed E-state index contributed by atoms with van der Waals surface area (Å²) in [6.45, 7) is 1.01. The van der Waals surface area contributed by atoms with Gasteiger partial charge < -0.3 is 34.6 Å². The molecule has 0 bridgehead atoms. The molecule has 1 saturated heterocycles. The minimum Gasteiger partial charge on any atom is -0.507 e. The van der Waals surface area contributed by atoms with Gasteiger partial charge in [-0.2, -0.15) is 11.8 Å². The Labute approximate surface area is 161 Å². The van der Waals surface area contributed by atoms with E-state index in [9.17, 15) is 29.9 Å². The zero-order valence-electron chi connectivity index (χ0n) is 15.0. The summed E-state index contributed by atoms with van der Waals surface area (Å²) in [6.07, 6.45) is -0.00394. The molecule has 1 atom stereocenters. The second-order valence-corrected chi connectivity index (χ2v) is 7.31. The summed E-state index contributed by atoms with van der Waals surface area (Å²) in [7, 11) is 1.11. The van der Waals surface area contributed by atoms with Gasteiger partial charge >= 0.3 is 13.1 Å². The van der Waals surface area contributed by atoms with E-state index in [1.165, 1.54) is 19.2 Å². The van der Waals surface area contributed by atoms with Crippen LogP contribution >= 0.6 is 11.8 Å². The van der Waals surface area contributed by atoms with Gasteiger partial charge in [-0.25, -0.2) is 4.79 Å². The predicted octanol–water partition coefficient (Wildman–Crippen LogP) is -0.387. The van der Waals surface area contributed by atoms with Gasteiger partial charge in [-0.3, -0.25) is 4.79 Å². The molecule has 1 heterocycles. The van der Waals surface area contributed by atoms with Crippen molar-refractivity contribution >= 4 is 30.8 Å². The summed E-state index contributed by atoms with van der Waals surface area (Å²) in [6, 6.07) is 2.84. The standard InChI is InChI=1S/C16H22BNO8S/c1-25-10-6-18(7-10)13(19)8-27-12(17(23)24)5-9-3-4-11(26-2)14(15(9)20)16(21)22/h3-4,10,12,20,23-24H,5-8H2,1-2H3,(H,21,22)/t12-/m0/s1. The van der Waals surface area contributed by atoms with Gasteiger partial charge in [0.1, 0.15) is 17.1 Å². The molecule has 0 radical (unpaired) electrons. The zero-order chi connectivity index (χ0) is 20.1. The van der Waals surface area contributed by atoms with E-state index in [4.69, 9.17) is 9.47 Å². The van der Waals surface area contributed by atoms with Gasteiger partial charge in [-0.15, -0.1) is 0 Å². The summed E-state index contributed by atoms with van der Waals surface area (Å²) >= 11 is 1.03. The zero-order valence-corrected chi connectivity index (χ0v) is 15.8. The van der Waals surface area contributed by atoms with E-state index >= 15 is 0 Å². The highest BCUT2D eigenvalue weighted by Crippen LogP contribution is 2.33. The number of hydrogen-bond donors (Lipinski definition) is 4. The second kappa shape index (κ2) is 9.31. The predicted molar refractivity (Wildman–Crippen MR) is 99.1 cm³/mol. The Morgan fingerprint density at radius 1 is 1.33 bits per heavy atom. The van der Waals surface area contributed by atoms with Crippen LogP contribution in [0, 0.1) is 0 Å². The number of amides is 1. The van der Waals surface area contributed by atoms with Crippen LogP contribution in [0.5, 0.6) is 11.5 Å². The lowest BCUT2D eigenvalue weighted by molar-refractivity contribution is -0.139. The molecule has 0 aliphatic carbocycles. The number of likely N-dealkylation sites (tertiary alicyclic amines) is 1. The maximum absolute atomic E-state index is 12.1. The normalized spacial score (nSPS) is 15.2. The third kappa shape index (κ3) is 5.07. The number of aromatic hydroxyl groups is 1. The number of methoxy groups -OCH3 is 2. The number of ether oxygens (including phenoxy) is 2. The number of rotatable bonds is 9. The number of benzene rings is 1. The van der Waals surface area contributed by atoms with Gasteiger partial charge in [0.15, 0.2) is 0 Å². The quantitative estimate of drug-likeness (QED) is 0.409. The van der Waals surface area contributed by atoms with E-state index in [2.05, 4.69) is 0 Å².